The first-order valence-corrected chi connectivity index (χ1v) is 18.9. The molecule has 0 spiro atoms. The molecule has 49 heavy (non-hydrogen) atoms. The quantitative estimate of drug-likeness (QED) is 0.251. The van der Waals surface area contributed by atoms with Crippen molar-refractivity contribution < 1.29 is 24.2 Å². The smallest absolute Gasteiger partial charge is 0.342 e. The van der Waals surface area contributed by atoms with Crippen LogP contribution in [0.4, 0.5) is 0 Å². The third-order valence-electron chi connectivity index (χ3n) is 13.1. The molecule has 0 radical (unpaired) electrons. The standard InChI is InChI=1S/C43H51ClO5/c1-25-12-14-33-30(19-25)13-15-35-34(33)16-17-43(4)27(3)28(22-37(35)43)9-7-8-18-48-39-24-38(46)40-36(41(39)44)23-32(45)11-6-5-10-29-21-31(29)20-26(2)49-42(40)47/h5-8,10-12,14,19,24,26-29,31,34-35,37,46H,9,13,15-18,20-23H2,1-4H3/b8-7+,10-5-,11-6+/t26-,27+,28-,29+,31+,34?,35?,37?,43-/m1/s1. The number of phenols is 1. The fourth-order valence-corrected chi connectivity index (χ4v) is 10.5. The average Bonchev–Trinajstić information content (AvgIpc) is 3.74. The Kier molecular flexibility index (Phi) is 9.60. The Labute approximate surface area is 296 Å². The van der Waals surface area contributed by atoms with Crippen molar-refractivity contribution in [2.75, 3.05) is 6.61 Å². The van der Waals surface area contributed by atoms with E-state index in [0.29, 0.717) is 35.0 Å². The lowest BCUT2D eigenvalue weighted by molar-refractivity contribution is -0.114. The summed E-state index contributed by atoms with van der Waals surface area (Å²) in [5, 5.41) is 11.2. The lowest BCUT2D eigenvalue weighted by atomic mass is 9.54. The number of carbonyl (C=O) groups is 2. The molecule has 5 nitrogen and oxygen atoms in total. The second-order valence-electron chi connectivity index (χ2n) is 16.0. The number of cyclic esters (lactones) is 1. The van der Waals surface area contributed by atoms with Crippen molar-refractivity contribution in [3.63, 3.8) is 0 Å². The van der Waals surface area contributed by atoms with Gasteiger partial charge in [-0.15, -0.1) is 0 Å². The number of carbonyl (C=O) groups excluding carboxylic acids is 2. The van der Waals surface area contributed by atoms with Crippen molar-refractivity contribution in [3.8, 4) is 11.5 Å². The molecule has 0 bridgehead atoms. The first-order chi connectivity index (χ1) is 23.5. The predicted molar refractivity (Wildman–Crippen MR) is 194 cm³/mol. The maximum atomic E-state index is 13.3. The number of rotatable bonds is 5. The van der Waals surface area contributed by atoms with Gasteiger partial charge in [-0.05, 0) is 129 Å². The summed E-state index contributed by atoms with van der Waals surface area (Å²) in [6, 6.07) is 8.52. The topological polar surface area (TPSA) is 72.8 Å². The highest BCUT2D eigenvalue weighted by Gasteiger charge is 2.56. The number of benzene rings is 2. The SMILES string of the molecule is Cc1ccc2c(c1)CCC1C2CC[C@@]2(C)C1C[C@@H](C/C=C/COc1cc(O)c3c(c1Cl)CC(=O)/C=C/C=C\[C@H]1C[C@@H]1C[C@@H](C)OC3=O)[C@@H]2C. The van der Waals surface area contributed by atoms with Gasteiger partial charge in [-0.25, -0.2) is 4.79 Å². The molecular formula is C43H51ClO5. The van der Waals surface area contributed by atoms with Gasteiger partial charge in [0.25, 0.3) is 0 Å². The summed E-state index contributed by atoms with van der Waals surface area (Å²) in [4.78, 5) is 26.2. The van der Waals surface area contributed by atoms with Gasteiger partial charge in [-0.2, -0.15) is 0 Å². The average molecular weight is 683 g/mol. The number of ether oxygens (including phenoxy) is 2. The summed E-state index contributed by atoms with van der Waals surface area (Å²) in [7, 11) is 0. The zero-order valence-electron chi connectivity index (χ0n) is 29.4. The third-order valence-corrected chi connectivity index (χ3v) is 13.5. The van der Waals surface area contributed by atoms with Gasteiger partial charge in [0.15, 0.2) is 5.78 Å². The van der Waals surface area contributed by atoms with Crippen molar-refractivity contribution in [1.29, 1.82) is 0 Å². The fraction of sp³-hybridized carbons (Fsp3) is 0.535. The lowest BCUT2D eigenvalue weighted by Crippen LogP contribution is -2.41. The molecule has 0 saturated heterocycles. The minimum Gasteiger partial charge on any atom is -0.507 e. The highest BCUT2D eigenvalue weighted by molar-refractivity contribution is 6.33. The molecule has 3 unspecified atom stereocenters. The number of hydrogen-bond donors (Lipinski definition) is 1. The molecule has 6 heteroatoms. The largest absolute Gasteiger partial charge is 0.507 e. The molecule has 2 aromatic rings. The predicted octanol–water partition coefficient (Wildman–Crippen LogP) is 9.91. The van der Waals surface area contributed by atoms with E-state index in [1.807, 2.05) is 19.1 Å². The number of halogens is 1. The molecule has 0 aromatic heterocycles. The van der Waals surface area contributed by atoms with Gasteiger partial charge in [0.2, 0.25) is 0 Å². The lowest BCUT2D eigenvalue weighted by Gasteiger charge is -2.50. The summed E-state index contributed by atoms with van der Waals surface area (Å²) >= 11 is 6.80. The monoisotopic (exact) mass is 682 g/mol. The molecule has 1 aliphatic heterocycles. The van der Waals surface area contributed by atoms with Crippen molar-refractivity contribution in [1.82, 2.24) is 0 Å². The van der Waals surface area contributed by atoms with Crippen LogP contribution in [-0.4, -0.2) is 29.6 Å². The van der Waals surface area contributed by atoms with Crippen LogP contribution in [-0.2, 0) is 22.4 Å². The molecule has 4 aliphatic carbocycles. The number of fused-ring (bicyclic) bond motifs is 7. The Morgan fingerprint density at radius 1 is 1.08 bits per heavy atom. The van der Waals surface area contributed by atoms with Crippen LogP contribution in [0.5, 0.6) is 11.5 Å². The van der Waals surface area contributed by atoms with Crippen molar-refractivity contribution in [2.24, 2.45) is 40.9 Å². The zero-order chi connectivity index (χ0) is 34.4. The molecule has 5 aliphatic rings. The van der Waals surface area contributed by atoms with Gasteiger partial charge in [0.05, 0.1) is 11.1 Å². The van der Waals surface area contributed by atoms with E-state index in [0.717, 1.165) is 31.1 Å². The number of esters is 1. The van der Waals surface area contributed by atoms with Crippen LogP contribution >= 0.6 is 11.6 Å². The van der Waals surface area contributed by atoms with Crippen LogP contribution < -0.4 is 4.74 Å². The summed E-state index contributed by atoms with van der Waals surface area (Å²) < 4.78 is 11.8. The van der Waals surface area contributed by atoms with Gasteiger partial charge in [0.1, 0.15) is 23.7 Å². The van der Waals surface area contributed by atoms with Gasteiger partial charge in [0, 0.05) is 18.1 Å². The molecule has 1 heterocycles. The van der Waals surface area contributed by atoms with E-state index in [-0.39, 0.29) is 52.6 Å². The Balaban J connectivity index is 1.01. The van der Waals surface area contributed by atoms with Gasteiger partial charge >= 0.3 is 5.97 Å². The van der Waals surface area contributed by atoms with E-state index < -0.39 is 5.97 Å². The van der Waals surface area contributed by atoms with Gasteiger partial charge in [-0.3, -0.25) is 4.79 Å². The van der Waals surface area contributed by atoms with Crippen LogP contribution in [0.1, 0.15) is 104 Å². The first-order valence-electron chi connectivity index (χ1n) is 18.5. The van der Waals surface area contributed by atoms with Crippen LogP contribution in [0.15, 0.2) is 60.7 Å². The molecule has 0 amide bonds. The van der Waals surface area contributed by atoms with Crippen LogP contribution in [0, 0.1) is 47.8 Å². The van der Waals surface area contributed by atoms with E-state index in [4.69, 9.17) is 21.1 Å². The van der Waals surface area contributed by atoms with E-state index >= 15 is 0 Å². The molecule has 3 fully saturated rings. The van der Waals surface area contributed by atoms with E-state index in [9.17, 15) is 14.7 Å². The number of hydrogen-bond acceptors (Lipinski definition) is 5. The first kappa shape index (κ1) is 34.2. The number of ketones is 1. The minimum absolute atomic E-state index is 0.0644. The molecule has 260 valence electrons. The van der Waals surface area contributed by atoms with E-state index in [1.165, 1.54) is 49.8 Å². The summed E-state index contributed by atoms with van der Waals surface area (Å²) in [5.74, 6) is 3.49. The highest BCUT2D eigenvalue weighted by atomic mass is 35.5. The maximum Gasteiger partial charge on any atom is 0.342 e. The molecule has 3 saturated carbocycles. The molecule has 1 N–H and O–H groups in total. The Morgan fingerprint density at radius 3 is 2.76 bits per heavy atom. The van der Waals surface area contributed by atoms with Crippen molar-refractivity contribution in [3.05, 3.63) is 93.6 Å². The van der Waals surface area contributed by atoms with Crippen LogP contribution in [0.3, 0.4) is 0 Å². The third kappa shape index (κ3) is 6.77. The van der Waals surface area contributed by atoms with E-state index in [2.05, 4.69) is 51.1 Å². The number of phenolic OH excluding ortho intramolecular Hbond substituents is 1. The molecular weight excluding hydrogens is 632 g/mol. The zero-order valence-corrected chi connectivity index (χ0v) is 30.2. The van der Waals surface area contributed by atoms with Crippen molar-refractivity contribution >= 4 is 23.4 Å². The second-order valence-corrected chi connectivity index (χ2v) is 16.4. The van der Waals surface area contributed by atoms with Crippen molar-refractivity contribution in [2.45, 2.75) is 97.5 Å². The number of allylic oxidation sites excluding steroid dienone is 5. The van der Waals surface area contributed by atoms with Gasteiger partial charge in [-0.1, -0.05) is 79.6 Å². The van der Waals surface area contributed by atoms with E-state index in [1.54, 1.807) is 17.2 Å². The highest BCUT2D eigenvalue weighted by Crippen LogP contribution is 2.65. The van der Waals surface area contributed by atoms with Crippen LogP contribution in [0.25, 0.3) is 0 Å². The fourth-order valence-electron chi connectivity index (χ4n) is 10.2. The molecule has 2 aromatic carbocycles. The molecule has 7 rings (SSSR count). The Morgan fingerprint density at radius 2 is 1.92 bits per heavy atom. The van der Waals surface area contributed by atoms with Gasteiger partial charge < -0.3 is 14.6 Å². The van der Waals surface area contributed by atoms with Crippen LogP contribution in [0.2, 0.25) is 5.02 Å². The summed E-state index contributed by atoms with van der Waals surface area (Å²) in [6.07, 6.45) is 20.2. The normalized spacial score (nSPS) is 35.2. The number of aromatic hydroxyl groups is 1. The molecule has 9 atom stereocenters. The summed E-state index contributed by atoms with van der Waals surface area (Å²) in [6.45, 7) is 9.39. The number of aryl methyl sites for hydroxylation is 2. The Hall–Kier alpha value is -3.31. The maximum absolute atomic E-state index is 13.3. The second kappa shape index (κ2) is 13.8. The minimum atomic E-state index is -0.672. The Bertz CT molecular complexity index is 1700. The summed E-state index contributed by atoms with van der Waals surface area (Å²) in [5.41, 5.74) is 5.14.